The van der Waals surface area contributed by atoms with Crippen molar-refractivity contribution in [3.63, 3.8) is 0 Å². The lowest BCUT2D eigenvalue weighted by Crippen LogP contribution is -2.49. The second-order valence-corrected chi connectivity index (χ2v) is 9.02. The number of ether oxygens (including phenoxy) is 2. The van der Waals surface area contributed by atoms with E-state index < -0.39 is 12.1 Å². The van der Waals surface area contributed by atoms with E-state index in [1.807, 2.05) is 30.3 Å². The third-order valence-corrected chi connectivity index (χ3v) is 6.10. The summed E-state index contributed by atoms with van der Waals surface area (Å²) in [7, 11) is 0. The molecule has 3 N–H and O–H groups in total. The van der Waals surface area contributed by atoms with E-state index in [4.69, 9.17) is 9.47 Å². The van der Waals surface area contributed by atoms with Gasteiger partial charge in [0.1, 0.15) is 23.4 Å². The Morgan fingerprint density at radius 2 is 1.71 bits per heavy atom. The topological polar surface area (TPSA) is 91.9 Å². The third kappa shape index (κ3) is 8.86. The summed E-state index contributed by atoms with van der Waals surface area (Å²) in [4.78, 5) is 28.1. The van der Waals surface area contributed by atoms with Crippen LogP contribution in [0.1, 0.15) is 12.0 Å². The highest BCUT2D eigenvalue weighted by molar-refractivity contribution is 5.93. The number of benzene rings is 3. The van der Waals surface area contributed by atoms with Gasteiger partial charge in [-0.15, -0.1) is 0 Å². The minimum atomic E-state index is -0.739. The van der Waals surface area contributed by atoms with Crippen molar-refractivity contribution in [2.75, 3.05) is 44.7 Å². The molecular weight excluding hydrogens is 487 g/mol. The predicted molar refractivity (Wildman–Crippen MR) is 144 cm³/mol. The van der Waals surface area contributed by atoms with Gasteiger partial charge in [0.05, 0.1) is 13.2 Å². The van der Waals surface area contributed by atoms with Gasteiger partial charge >= 0.3 is 6.03 Å². The number of urea groups is 1. The molecule has 8 nitrogen and oxygen atoms in total. The molecule has 1 aliphatic rings. The summed E-state index contributed by atoms with van der Waals surface area (Å²) in [6.45, 7) is 4.71. The van der Waals surface area contributed by atoms with Crippen LogP contribution in [-0.4, -0.2) is 62.3 Å². The monoisotopic (exact) mass is 520 g/mol. The molecule has 1 saturated heterocycles. The fraction of sp³-hybridized carbons (Fsp3) is 0.310. The zero-order valence-corrected chi connectivity index (χ0v) is 21.2. The second kappa shape index (κ2) is 14.1. The van der Waals surface area contributed by atoms with E-state index in [2.05, 4.69) is 20.9 Å². The number of nitrogens with one attached hydrogen (secondary N) is 3. The molecule has 3 amide bonds. The molecule has 1 heterocycles. The molecule has 4 rings (SSSR count). The van der Waals surface area contributed by atoms with Gasteiger partial charge in [0.25, 0.3) is 0 Å². The molecule has 0 aliphatic carbocycles. The van der Waals surface area contributed by atoms with Crippen LogP contribution in [0.2, 0.25) is 0 Å². The van der Waals surface area contributed by atoms with Crippen LogP contribution in [-0.2, 0) is 16.0 Å². The van der Waals surface area contributed by atoms with Gasteiger partial charge in [-0.2, -0.15) is 0 Å². The Morgan fingerprint density at radius 1 is 0.947 bits per heavy atom. The van der Waals surface area contributed by atoms with Crippen molar-refractivity contribution < 1.29 is 23.5 Å². The van der Waals surface area contributed by atoms with Crippen molar-refractivity contribution in [1.29, 1.82) is 0 Å². The lowest BCUT2D eigenvalue weighted by atomic mass is 10.1. The molecule has 1 fully saturated rings. The molecule has 0 radical (unpaired) electrons. The number of hydrogen-bond acceptors (Lipinski definition) is 5. The highest BCUT2D eigenvalue weighted by Crippen LogP contribution is 2.23. The van der Waals surface area contributed by atoms with E-state index in [-0.39, 0.29) is 11.7 Å². The van der Waals surface area contributed by atoms with Crippen LogP contribution >= 0.6 is 0 Å². The smallest absolute Gasteiger partial charge is 0.319 e. The van der Waals surface area contributed by atoms with Crippen molar-refractivity contribution in [3.05, 3.63) is 90.2 Å². The predicted octanol–water partition coefficient (Wildman–Crippen LogP) is 4.19. The van der Waals surface area contributed by atoms with E-state index in [0.717, 1.165) is 44.8 Å². The molecule has 0 saturated carbocycles. The zero-order valence-electron chi connectivity index (χ0n) is 21.2. The molecule has 0 aromatic heterocycles. The van der Waals surface area contributed by atoms with Crippen molar-refractivity contribution in [3.8, 4) is 11.5 Å². The first-order valence-corrected chi connectivity index (χ1v) is 12.8. The molecule has 38 heavy (non-hydrogen) atoms. The lowest BCUT2D eigenvalue weighted by Gasteiger charge is -2.26. The Balaban J connectivity index is 1.29. The van der Waals surface area contributed by atoms with Gasteiger partial charge in [-0.1, -0.05) is 36.4 Å². The highest BCUT2D eigenvalue weighted by atomic mass is 19.1. The van der Waals surface area contributed by atoms with Gasteiger partial charge in [0, 0.05) is 37.8 Å². The average molecular weight is 521 g/mol. The number of carbonyl (C=O) groups excluding carboxylic acids is 2. The SMILES string of the molecule is O=C(Nc1ccc(Oc2cccc(F)c2)cc1)N[C@H](Cc1ccccc1)C(=O)NCCCN1CCOCC1. The van der Waals surface area contributed by atoms with Crippen LogP contribution in [0.25, 0.3) is 0 Å². The van der Waals surface area contributed by atoms with E-state index in [0.29, 0.717) is 30.2 Å². The number of rotatable bonds is 11. The Hall–Kier alpha value is -3.95. The number of amides is 3. The van der Waals surface area contributed by atoms with Gasteiger partial charge < -0.3 is 25.4 Å². The van der Waals surface area contributed by atoms with Gasteiger partial charge in [-0.25, -0.2) is 9.18 Å². The number of anilines is 1. The molecule has 0 unspecified atom stereocenters. The molecular formula is C29H33FN4O4. The minimum Gasteiger partial charge on any atom is -0.457 e. The van der Waals surface area contributed by atoms with E-state index in [9.17, 15) is 14.0 Å². The molecule has 200 valence electrons. The van der Waals surface area contributed by atoms with Gasteiger partial charge in [0.2, 0.25) is 5.91 Å². The Kier molecular flexibility index (Phi) is 10.1. The lowest BCUT2D eigenvalue weighted by molar-refractivity contribution is -0.122. The zero-order chi connectivity index (χ0) is 26.6. The molecule has 1 aliphatic heterocycles. The first-order chi connectivity index (χ1) is 18.5. The Morgan fingerprint density at radius 3 is 2.45 bits per heavy atom. The summed E-state index contributed by atoms with van der Waals surface area (Å²) < 4.78 is 24.4. The van der Waals surface area contributed by atoms with Crippen LogP contribution in [0.4, 0.5) is 14.9 Å². The van der Waals surface area contributed by atoms with Gasteiger partial charge in [-0.05, 0) is 54.9 Å². The normalized spacial score (nSPS) is 14.3. The van der Waals surface area contributed by atoms with Crippen molar-refractivity contribution in [1.82, 2.24) is 15.5 Å². The number of halogens is 1. The summed E-state index contributed by atoms with van der Waals surface area (Å²) in [6.07, 6.45) is 1.18. The standard InChI is InChI=1S/C29H33FN4O4/c30-23-8-4-9-26(21-23)38-25-12-10-24(11-13-25)32-29(36)33-27(20-22-6-2-1-3-7-22)28(35)31-14-5-15-34-16-18-37-19-17-34/h1-4,6-13,21,27H,5,14-20H2,(H,31,35)(H2,32,33,36)/t27-/m1/s1. The van der Waals surface area contributed by atoms with Crippen molar-refractivity contribution in [2.45, 2.75) is 18.9 Å². The summed E-state index contributed by atoms with van der Waals surface area (Å²) in [5, 5.41) is 8.53. The highest BCUT2D eigenvalue weighted by Gasteiger charge is 2.21. The number of hydrogen-bond donors (Lipinski definition) is 3. The average Bonchev–Trinajstić information content (AvgIpc) is 2.93. The number of morpholine rings is 1. The Bertz CT molecular complexity index is 1170. The van der Waals surface area contributed by atoms with E-state index >= 15 is 0 Å². The third-order valence-electron chi connectivity index (χ3n) is 6.10. The summed E-state index contributed by atoms with van der Waals surface area (Å²) in [6, 6.07) is 20.9. The molecule has 3 aromatic rings. The fourth-order valence-electron chi connectivity index (χ4n) is 4.12. The molecule has 0 bridgehead atoms. The molecule has 3 aromatic carbocycles. The number of nitrogens with zero attached hydrogens (tertiary/aromatic N) is 1. The summed E-state index contributed by atoms with van der Waals surface area (Å²) in [5.41, 5.74) is 1.47. The van der Waals surface area contributed by atoms with Crippen LogP contribution in [0, 0.1) is 5.82 Å². The largest absolute Gasteiger partial charge is 0.457 e. The van der Waals surface area contributed by atoms with Gasteiger partial charge in [-0.3, -0.25) is 9.69 Å². The van der Waals surface area contributed by atoms with Crippen LogP contribution in [0.15, 0.2) is 78.9 Å². The van der Waals surface area contributed by atoms with Crippen molar-refractivity contribution in [2.24, 2.45) is 0 Å². The maximum absolute atomic E-state index is 13.4. The Labute approximate surface area is 222 Å². The van der Waals surface area contributed by atoms with Crippen LogP contribution in [0.5, 0.6) is 11.5 Å². The molecule has 1 atom stereocenters. The molecule has 0 spiro atoms. The van der Waals surface area contributed by atoms with Crippen LogP contribution < -0.4 is 20.7 Å². The summed E-state index contributed by atoms with van der Waals surface area (Å²) in [5.74, 6) is 0.261. The summed E-state index contributed by atoms with van der Waals surface area (Å²) >= 11 is 0. The van der Waals surface area contributed by atoms with E-state index in [1.54, 1.807) is 36.4 Å². The van der Waals surface area contributed by atoms with Crippen molar-refractivity contribution >= 4 is 17.6 Å². The van der Waals surface area contributed by atoms with Gasteiger partial charge in [0.15, 0.2) is 0 Å². The quantitative estimate of drug-likeness (QED) is 0.330. The maximum Gasteiger partial charge on any atom is 0.319 e. The van der Waals surface area contributed by atoms with E-state index in [1.165, 1.54) is 12.1 Å². The first-order valence-electron chi connectivity index (χ1n) is 12.8. The first kappa shape index (κ1) is 27.1. The second-order valence-electron chi connectivity index (χ2n) is 9.02. The fourth-order valence-corrected chi connectivity index (χ4v) is 4.12. The van der Waals surface area contributed by atoms with Crippen LogP contribution in [0.3, 0.4) is 0 Å². The maximum atomic E-state index is 13.4. The number of carbonyl (C=O) groups is 2. The molecule has 9 heteroatoms. The minimum absolute atomic E-state index is 0.232.